The molecule has 0 radical (unpaired) electrons. The second-order valence-corrected chi connectivity index (χ2v) is 4.50. The Bertz CT molecular complexity index is 399. The number of hydrogen-bond acceptors (Lipinski definition) is 6. The summed E-state index contributed by atoms with van der Waals surface area (Å²) >= 11 is 0. The van der Waals surface area contributed by atoms with Gasteiger partial charge < -0.3 is 31.9 Å². The molecule has 0 aliphatic rings. The van der Waals surface area contributed by atoms with Crippen LogP contribution in [-0.4, -0.2) is 56.4 Å². The van der Waals surface area contributed by atoms with E-state index in [0.717, 1.165) is 0 Å². The van der Waals surface area contributed by atoms with Crippen molar-refractivity contribution in [1.82, 2.24) is 0 Å². The van der Waals surface area contributed by atoms with E-state index in [1.54, 1.807) is 6.92 Å². The van der Waals surface area contributed by atoms with E-state index in [-0.39, 0.29) is 19.3 Å². The number of nitrogens with two attached hydrogens (primary N) is 2. The highest BCUT2D eigenvalue weighted by molar-refractivity contribution is 5.76. The third-order valence-corrected chi connectivity index (χ3v) is 2.68. The maximum absolute atomic E-state index is 10.4. The average molecular weight is 322 g/mol. The van der Waals surface area contributed by atoms with Crippen LogP contribution in [0, 0.1) is 5.92 Å². The molecule has 128 valence electrons. The Labute approximate surface area is 126 Å². The number of aliphatic carboxylic acids is 4. The molecule has 0 heterocycles. The van der Waals surface area contributed by atoms with E-state index in [2.05, 4.69) is 0 Å². The van der Waals surface area contributed by atoms with E-state index in [0.29, 0.717) is 6.42 Å². The summed E-state index contributed by atoms with van der Waals surface area (Å²) in [7, 11) is 0. The number of carboxylic acid groups (broad SMARTS) is 4. The monoisotopic (exact) mass is 322 g/mol. The minimum absolute atomic E-state index is 0.0127. The van der Waals surface area contributed by atoms with Crippen molar-refractivity contribution in [3.05, 3.63) is 0 Å². The molecular formula is C12H22N2O8. The molecule has 0 aliphatic heterocycles. The first-order chi connectivity index (χ1) is 10.0. The summed E-state index contributed by atoms with van der Waals surface area (Å²) in [4.78, 5) is 40.6. The second-order valence-electron chi connectivity index (χ2n) is 4.50. The van der Waals surface area contributed by atoms with Crippen LogP contribution < -0.4 is 11.5 Å². The molecule has 8 N–H and O–H groups in total. The number of carbonyl (C=O) groups is 4. The van der Waals surface area contributed by atoms with Gasteiger partial charge in [-0.05, 0) is 19.3 Å². The maximum atomic E-state index is 10.4. The predicted molar refractivity (Wildman–Crippen MR) is 74.1 cm³/mol. The summed E-state index contributed by atoms with van der Waals surface area (Å²) in [6.07, 6.45) is 0.162. The molecule has 22 heavy (non-hydrogen) atoms. The quantitative estimate of drug-likeness (QED) is 0.310. The molecule has 1 unspecified atom stereocenters. The molecule has 0 saturated carbocycles. The van der Waals surface area contributed by atoms with E-state index in [1.165, 1.54) is 0 Å². The molecule has 0 rings (SSSR count). The van der Waals surface area contributed by atoms with Crippen LogP contribution in [0.1, 0.15) is 32.6 Å². The van der Waals surface area contributed by atoms with Crippen LogP contribution in [-0.2, 0) is 19.2 Å². The Morgan fingerprint density at radius 3 is 1.59 bits per heavy atom. The van der Waals surface area contributed by atoms with Crippen molar-refractivity contribution < 1.29 is 39.6 Å². The van der Waals surface area contributed by atoms with E-state index in [1.807, 2.05) is 0 Å². The summed E-state index contributed by atoms with van der Waals surface area (Å²) in [6.45, 7) is 1.69. The Hall–Kier alpha value is -2.20. The lowest BCUT2D eigenvalue weighted by Gasteiger charge is -2.11. The molecule has 10 nitrogen and oxygen atoms in total. The van der Waals surface area contributed by atoms with Crippen LogP contribution in [0.3, 0.4) is 0 Å². The Morgan fingerprint density at radius 2 is 1.32 bits per heavy atom. The van der Waals surface area contributed by atoms with E-state index < -0.39 is 41.9 Å². The largest absolute Gasteiger partial charge is 0.481 e. The average Bonchev–Trinajstić information content (AvgIpc) is 2.41. The first-order valence-electron chi connectivity index (χ1n) is 6.44. The fourth-order valence-electron chi connectivity index (χ4n) is 1.25. The first kappa shape index (κ1) is 22.1. The molecule has 0 aromatic rings. The highest BCUT2D eigenvalue weighted by Gasteiger charge is 2.22. The minimum Gasteiger partial charge on any atom is -0.481 e. The fraction of sp³-hybridized carbons (Fsp3) is 0.667. The first-order valence-corrected chi connectivity index (χ1v) is 6.44. The van der Waals surface area contributed by atoms with Gasteiger partial charge in [-0.1, -0.05) is 6.92 Å². The number of carboxylic acids is 4. The SMILES string of the molecule is CCC(C[C@H](N)C(=O)O)C(=O)O.N[C@@H](CCC(=O)O)C(=O)O. The molecule has 0 fully saturated rings. The van der Waals surface area contributed by atoms with Crippen LogP contribution in [0.25, 0.3) is 0 Å². The Balaban J connectivity index is 0. The molecule has 0 saturated heterocycles. The molecule has 0 amide bonds. The molecule has 0 aliphatic carbocycles. The zero-order chi connectivity index (χ0) is 17.9. The van der Waals surface area contributed by atoms with Crippen molar-refractivity contribution in [3.8, 4) is 0 Å². The fourth-order valence-corrected chi connectivity index (χ4v) is 1.25. The molecule has 10 heteroatoms. The van der Waals surface area contributed by atoms with Crippen LogP contribution in [0.15, 0.2) is 0 Å². The van der Waals surface area contributed by atoms with E-state index in [9.17, 15) is 19.2 Å². The zero-order valence-corrected chi connectivity index (χ0v) is 12.1. The summed E-state index contributed by atoms with van der Waals surface area (Å²) in [5, 5.41) is 33.2. The third-order valence-electron chi connectivity index (χ3n) is 2.68. The highest BCUT2D eigenvalue weighted by atomic mass is 16.4. The van der Waals surface area contributed by atoms with Crippen LogP contribution >= 0.6 is 0 Å². The summed E-state index contributed by atoms with van der Waals surface area (Å²) < 4.78 is 0. The van der Waals surface area contributed by atoms with Crippen molar-refractivity contribution in [2.75, 3.05) is 0 Å². The topological polar surface area (TPSA) is 201 Å². The van der Waals surface area contributed by atoms with Crippen molar-refractivity contribution in [1.29, 1.82) is 0 Å². The predicted octanol–water partition coefficient (Wildman–Crippen LogP) is -0.838. The van der Waals surface area contributed by atoms with Crippen molar-refractivity contribution in [2.24, 2.45) is 17.4 Å². The normalized spacial score (nSPS) is 14.0. The van der Waals surface area contributed by atoms with Crippen molar-refractivity contribution in [3.63, 3.8) is 0 Å². The molecule has 0 bridgehead atoms. The van der Waals surface area contributed by atoms with Gasteiger partial charge in [0, 0.05) is 6.42 Å². The molecule has 0 aromatic heterocycles. The van der Waals surface area contributed by atoms with Crippen LogP contribution in [0.4, 0.5) is 0 Å². The lowest BCUT2D eigenvalue weighted by Crippen LogP contribution is -2.34. The summed E-state index contributed by atoms with van der Waals surface area (Å²) in [6, 6.07) is -2.14. The summed E-state index contributed by atoms with van der Waals surface area (Å²) in [5.74, 6) is -5.00. The van der Waals surface area contributed by atoms with E-state index >= 15 is 0 Å². The third kappa shape index (κ3) is 11.6. The van der Waals surface area contributed by atoms with Gasteiger partial charge in [-0.2, -0.15) is 0 Å². The zero-order valence-electron chi connectivity index (χ0n) is 12.1. The lowest BCUT2D eigenvalue weighted by atomic mass is 9.98. The van der Waals surface area contributed by atoms with Gasteiger partial charge in [-0.25, -0.2) is 0 Å². The molecule has 3 atom stereocenters. The number of rotatable bonds is 9. The van der Waals surface area contributed by atoms with Crippen LogP contribution in [0.5, 0.6) is 0 Å². The molecular weight excluding hydrogens is 300 g/mol. The van der Waals surface area contributed by atoms with Gasteiger partial charge >= 0.3 is 23.9 Å². The smallest absolute Gasteiger partial charge is 0.320 e. The van der Waals surface area contributed by atoms with Gasteiger partial charge in [0.1, 0.15) is 12.1 Å². The maximum Gasteiger partial charge on any atom is 0.320 e. The van der Waals surface area contributed by atoms with Gasteiger partial charge in [0.15, 0.2) is 0 Å². The molecule has 0 aromatic carbocycles. The van der Waals surface area contributed by atoms with Gasteiger partial charge in [-0.15, -0.1) is 0 Å². The van der Waals surface area contributed by atoms with E-state index in [4.69, 9.17) is 31.9 Å². The number of hydrogen-bond donors (Lipinski definition) is 6. The Morgan fingerprint density at radius 1 is 0.864 bits per heavy atom. The lowest BCUT2D eigenvalue weighted by molar-refractivity contribution is -0.144. The highest BCUT2D eigenvalue weighted by Crippen LogP contribution is 2.10. The van der Waals surface area contributed by atoms with Crippen molar-refractivity contribution in [2.45, 2.75) is 44.7 Å². The van der Waals surface area contributed by atoms with Gasteiger partial charge in [0.05, 0.1) is 5.92 Å². The minimum atomic E-state index is -1.17. The summed E-state index contributed by atoms with van der Waals surface area (Å²) in [5.41, 5.74) is 10.2. The van der Waals surface area contributed by atoms with Crippen molar-refractivity contribution >= 4 is 23.9 Å². The van der Waals surface area contributed by atoms with Gasteiger partial charge in [0.25, 0.3) is 0 Å². The standard InChI is InChI=1S/C7H13NO4.C5H9NO4/c1-2-4(6(9)10)3-5(8)7(11)12;6-3(5(9)10)1-2-4(7)8/h4-5H,2-3,8H2,1H3,(H,9,10)(H,11,12);3H,1-2,6H2,(H,7,8)(H,9,10)/t4?,5-;3-/m00/s1. The Kier molecular flexibility index (Phi) is 11.5. The van der Waals surface area contributed by atoms with Gasteiger partial charge in [-0.3, -0.25) is 19.2 Å². The van der Waals surface area contributed by atoms with Gasteiger partial charge in [0.2, 0.25) is 0 Å². The van der Waals surface area contributed by atoms with Crippen LogP contribution in [0.2, 0.25) is 0 Å². The molecule has 0 spiro atoms. The second kappa shape index (κ2) is 11.5.